The average molecular weight is 208 g/mol. The van der Waals surface area contributed by atoms with Crippen LogP contribution in [0, 0.1) is 11.8 Å². The molecule has 3 heteroatoms. The van der Waals surface area contributed by atoms with Crippen LogP contribution in [0.15, 0.2) is 12.2 Å². The summed E-state index contributed by atoms with van der Waals surface area (Å²) in [5, 5.41) is 0. The molecule has 2 N–H and O–H groups in total. The van der Waals surface area contributed by atoms with E-state index in [4.69, 9.17) is 5.73 Å². The standard InChI is InChI=1S/C12H20N2O/c13-12(15)11-6-7-14(9-11)8-10-4-2-1-3-5-10/h1-2,10-11H,3-9H2,(H2,13,15)/t10-,11+/m1/s1. The maximum Gasteiger partial charge on any atom is 0.221 e. The van der Waals surface area contributed by atoms with Crippen LogP contribution in [0.2, 0.25) is 0 Å². The van der Waals surface area contributed by atoms with Gasteiger partial charge in [0.2, 0.25) is 5.91 Å². The number of hydrogen-bond donors (Lipinski definition) is 1. The SMILES string of the molecule is NC(=O)[C@H]1CCN(C[C@@H]2CC=CCC2)C1. The molecule has 15 heavy (non-hydrogen) atoms. The molecule has 2 rings (SSSR count). The number of rotatable bonds is 3. The predicted octanol–water partition coefficient (Wildman–Crippen LogP) is 1.15. The summed E-state index contributed by atoms with van der Waals surface area (Å²) in [6.45, 7) is 3.08. The highest BCUT2D eigenvalue weighted by Crippen LogP contribution is 2.23. The van der Waals surface area contributed by atoms with Gasteiger partial charge in [-0.25, -0.2) is 0 Å². The molecule has 2 atom stereocenters. The van der Waals surface area contributed by atoms with Crippen LogP contribution in [0.25, 0.3) is 0 Å². The van der Waals surface area contributed by atoms with Gasteiger partial charge in [0.15, 0.2) is 0 Å². The summed E-state index contributed by atoms with van der Waals surface area (Å²) in [5.41, 5.74) is 5.32. The van der Waals surface area contributed by atoms with Crippen molar-refractivity contribution >= 4 is 5.91 Å². The fourth-order valence-electron chi connectivity index (χ4n) is 2.62. The molecule has 0 aromatic carbocycles. The molecule has 0 unspecified atom stereocenters. The molecule has 0 radical (unpaired) electrons. The van der Waals surface area contributed by atoms with E-state index >= 15 is 0 Å². The van der Waals surface area contributed by atoms with Gasteiger partial charge in [-0.2, -0.15) is 0 Å². The minimum Gasteiger partial charge on any atom is -0.369 e. The van der Waals surface area contributed by atoms with E-state index in [1.54, 1.807) is 0 Å². The van der Waals surface area contributed by atoms with Crippen molar-refractivity contribution < 1.29 is 4.79 Å². The van der Waals surface area contributed by atoms with Gasteiger partial charge in [0.25, 0.3) is 0 Å². The van der Waals surface area contributed by atoms with Crippen LogP contribution in [0.5, 0.6) is 0 Å². The Balaban J connectivity index is 1.76. The molecule has 2 aliphatic rings. The lowest BCUT2D eigenvalue weighted by atomic mass is 9.94. The lowest BCUT2D eigenvalue weighted by molar-refractivity contribution is -0.121. The van der Waals surface area contributed by atoms with Crippen molar-refractivity contribution in [3.63, 3.8) is 0 Å². The first-order chi connectivity index (χ1) is 7.25. The Kier molecular flexibility index (Phi) is 3.41. The van der Waals surface area contributed by atoms with E-state index in [-0.39, 0.29) is 11.8 Å². The van der Waals surface area contributed by atoms with Crippen LogP contribution in [0.1, 0.15) is 25.7 Å². The monoisotopic (exact) mass is 208 g/mol. The van der Waals surface area contributed by atoms with Crippen LogP contribution in [-0.2, 0) is 4.79 Å². The molecular formula is C12H20N2O. The molecule has 1 aliphatic heterocycles. The summed E-state index contributed by atoms with van der Waals surface area (Å²) in [4.78, 5) is 13.4. The first-order valence-electron chi connectivity index (χ1n) is 5.92. The first kappa shape index (κ1) is 10.7. The van der Waals surface area contributed by atoms with Crippen molar-refractivity contribution in [1.29, 1.82) is 0 Å². The minimum atomic E-state index is -0.124. The highest BCUT2D eigenvalue weighted by molar-refractivity contribution is 5.77. The van der Waals surface area contributed by atoms with Gasteiger partial charge >= 0.3 is 0 Å². The highest BCUT2D eigenvalue weighted by Gasteiger charge is 2.27. The second-order valence-electron chi connectivity index (χ2n) is 4.80. The summed E-state index contributed by atoms with van der Waals surface area (Å²) in [6, 6.07) is 0. The maximum atomic E-state index is 11.0. The minimum absolute atomic E-state index is 0.101. The van der Waals surface area contributed by atoms with Gasteiger partial charge in [-0.1, -0.05) is 12.2 Å². The summed E-state index contributed by atoms with van der Waals surface area (Å²) in [6.07, 6.45) is 9.24. The van der Waals surface area contributed by atoms with Crippen LogP contribution in [-0.4, -0.2) is 30.4 Å². The lowest BCUT2D eigenvalue weighted by Gasteiger charge is -2.24. The Morgan fingerprint density at radius 2 is 2.27 bits per heavy atom. The van der Waals surface area contributed by atoms with Crippen molar-refractivity contribution in [2.24, 2.45) is 17.6 Å². The Labute approximate surface area is 91.3 Å². The average Bonchev–Trinajstić information content (AvgIpc) is 2.68. The second-order valence-corrected chi connectivity index (χ2v) is 4.80. The van der Waals surface area contributed by atoms with Gasteiger partial charge in [-0.05, 0) is 38.1 Å². The van der Waals surface area contributed by atoms with Crippen molar-refractivity contribution in [2.45, 2.75) is 25.7 Å². The number of hydrogen-bond acceptors (Lipinski definition) is 2. The van der Waals surface area contributed by atoms with E-state index in [0.717, 1.165) is 32.0 Å². The second kappa shape index (κ2) is 4.79. The zero-order valence-corrected chi connectivity index (χ0v) is 9.19. The van der Waals surface area contributed by atoms with Crippen molar-refractivity contribution in [3.05, 3.63) is 12.2 Å². The van der Waals surface area contributed by atoms with E-state index in [1.807, 2.05) is 0 Å². The Bertz CT molecular complexity index is 262. The Hall–Kier alpha value is -0.830. The number of nitrogens with zero attached hydrogens (tertiary/aromatic N) is 1. The van der Waals surface area contributed by atoms with Gasteiger partial charge in [-0.15, -0.1) is 0 Å². The van der Waals surface area contributed by atoms with E-state index in [1.165, 1.54) is 19.3 Å². The van der Waals surface area contributed by atoms with Gasteiger partial charge < -0.3 is 10.6 Å². The third-order valence-corrected chi connectivity index (χ3v) is 3.57. The zero-order valence-electron chi connectivity index (χ0n) is 9.19. The van der Waals surface area contributed by atoms with Gasteiger partial charge in [0.1, 0.15) is 0 Å². The summed E-state index contributed by atoms with van der Waals surface area (Å²) >= 11 is 0. The van der Waals surface area contributed by atoms with E-state index in [0.29, 0.717) is 0 Å². The van der Waals surface area contributed by atoms with Crippen molar-refractivity contribution in [1.82, 2.24) is 4.90 Å². The predicted molar refractivity (Wildman–Crippen MR) is 60.2 cm³/mol. The van der Waals surface area contributed by atoms with E-state index in [9.17, 15) is 4.79 Å². The Morgan fingerprint density at radius 3 is 2.87 bits per heavy atom. The summed E-state index contributed by atoms with van der Waals surface area (Å²) in [5.74, 6) is 0.770. The highest BCUT2D eigenvalue weighted by atomic mass is 16.1. The maximum absolute atomic E-state index is 11.0. The first-order valence-corrected chi connectivity index (χ1v) is 5.92. The molecule has 3 nitrogen and oxygen atoms in total. The number of carbonyl (C=O) groups excluding carboxylic acids is 1. The fourth-order valence-corrected chi connectivity index (χ4v) is 2.62. The molecule has 0 aromatic rings. The quantitative estimate of drug-likeness (QED) is 0.707. The van der Waals surface area contributed by atoms with Crippen molar-refractivity contribution in [3.8, 4) is 0 Å². The molecule has 0 bridgehead atoms. The number of allylic oxidation sites excluding steroid dienone is 2. The third-order valence-electron chi connectivity index (χ3n) is 3.57. The number of amides is 1. The van der Waals surface area contributed by atoms with Crippen LogP contribution in [0.3, 0.4) is 0 Å². The lowest BCUT2D eigenvalue weighted by Crippen LogP contribution is -2.31. The van der Waals surface area contributed by atoms with Crippen LogP contribution in [0.4, 0.5) is 0 Å². The molecule has 0 saturated carbocycles. The zero-order chi connectivity index (χ0) is 10.7. The largest absolute Gasteiger partial charge is 0.369 e. The number of nitrogens with two attached hydrogens (primary N) is 1. The number of primary amides is 1. The number of carbonyl (C=O) groups is 1. The van der Waals surface area contributed by atoms with E-state index in [2.05, 4.69) is 17.1 Å². The smallest absolute Gasteiger partial charge is 0.221 e. The van der Waals surface area contributed by atoms with E-state index < -0.39 is 0 Å². The molecule has 1 heterocycles. The molecule has 1 amide bonds. The summed E-state index contributed by atoms with van der Waals surface area (Å²) in [7, 11) is 0. The molecule has 1 aliphatic carbocycles. The van der Waals surface area contributed by atoms with Crippen molar-refractivity contribution in [2.75, 3.05) is 19.6 Å². The van der Waals surface area contributed by atoms with Gasteiger partial charge in [0, 0.05) is 13.1 Å². The Morgan fingerprint density at radius 1 is 1.40 bits per heavy atom. The van der Waals surface area contributed by atoms with Gasteiger partial charge in [0.05, 0.1) is 5.92 Å². The van der Waals surface area contributed by atoms with Crippen LogP contribution < -0.4 is 5.73 Å². The normalized spacial score (nSPS) is 32.0. The van der Waals surface area contributed by atoms with Gasteiger partial charge in [-0.3, -0.25) is 4.79 Å². The topological polar surface area (TPSA) is 46.3 Å². The molecular weight excluding hydrogens is 188 g/mol. The van der Waals surface area contributed by atoms with Crippen LogP contribution >= 0.6 is 0 Å². The molecule has 1 saturated heterocycles. The molecule has 0 spiro atoms. The summed E-state index contributed by atoms with van der Waals surface area (Å²) < 4.78 is 0. The third kappa shape index (κ3) is 2.81. The molecule has 0 aromatic heterocycles. The number of likely N-dealkylation sites (tertiary alicyclic amines) is 1. The fraction of sp³-hybridized carbons (Fsp3) is 0.750. The molecule has 1 fully saturated rings. The molecule has 84 valence electrons.